The van der Waals surface area contributed by atoms with E-state index >= 15 is 0 Å². The van der Waals surface area contributed by atoms with Crippen molar-refractivity contribution in [3.63, 3.8) is 0 Å². The Kier molecular flexibility index (Phi) is 10.8. The summed E-state index contributed by atoms with van der Waals surface area (Å²) >= 11 is 0. The number of carbonyl (C=O) groups excluding carboxylic acids is 2. The van der Waals surface area contributed by atoms with Crippen molar-refractivity contribution in [1.82, 2.24) is 24.7 Å². The number of carbonyl (C=O) groups is 2. The van der Waals surface area contributed by atoms with Crippen molar-refractivity contribution >= 4 is 36.2 Å². The summed E-state index contributed by atoms with van der Waals surface area (Å²) in [5, 5.41) is 5.93. The normalized spacial score (nSPS) is 18.4. The molecule has 4 N–H and O–H groups in total. The first kappa shape index (κ1) is 33.3. The number of aromatic nitrogens is 3. The lowest BCUT2D eigenvalue weighted by Gasteiger charge is -2.37. The number of nitrogens with zero attached hydrogens (tertiary/aromatic N) is 3. The average molecular weight is 625 g/mol. The molecular formula is C28H45N6O8P. The summed E-state index contributed by atoms with van der Waals surface area (Å²) in [6.45, 7) is 10.6. The molecule has 15 heteroatoms. The number of fused-ring (bicyclic) bond motifs is 1. The van der Waals surface area contributed by atoms with Gasteiger partial charge in [0, 0.05) is 31.9 Å². The number of nitrogen functional groups attached to an aromatic ring is 1. The SMILES string of the molecule is C[C@H](Cn1cnc2c(N)ccnc21)OCP(=O)(NC(C)(C)C(=O)OC1CCOCC1)NC(C)(C)C(=O)OC1CCOCC1. The lowest BCUT2D eigenvalue weighted by atomic mass is 10.1. The van der Waals surface area contributed by atoms with Gasteiger partial charge in [-0.25, -0.2) is 20.1 Å². The van der Waals surface area contributed by atoms with Crippen molar-refractivity contribution in [2.75, 3.05) is 38.5 Å². The highest BCUT2D eigenvalue weighted by Crippen LogP contribution is 2.42. The summed E-state index contributed by atoms with van der Waals surface area (Å²) in [5.41, 5.74) is 4.95. The molecule has 2 saturated heterocycles. The standard InChI is InChI=1S/C28H45N6O8P/c1-19(16-34-17-31-23-22(29)6-11-30-24(23)34)40-18-43(37,32-27(2,3)25(35)41-20-7-12-38-13-8-20)33-28(4,5)26(36)42-21-9-14-39-15-10-21/h6,11,17,19-21H,7-10,12-16,18H2,1-5H3,(H2,29,30)(H2,32,33,37)/t19-/m1/s1. The van der Waals surface area contributed by atoms with Gasteiger partial charge < -0.3 is 34.0 Å². The van der Waals surface area contributed by atoms with Crippen LogP contribution in [0.3, 0.4) is 0 Å². The highest BCUT2D eigenvalue weighted by atomic mass is 31.2. The first-order valence-corrected chi connectivity index (χ1v) is 16.6. The predicted molar refractivity (Wildman–Crippen MR) is 159 cm³/mol. The van der Waals surface area contributed by atoms with Gasteiger partial charge in [0.05, 0.1) is 51.1 Å². The molecule has 0 bridgehead atoms. The Morgan fingerprint density at radius 1 is 1.00 bits per heavy atom. The number of anilines is 1. The maximum Gasteiger partial charge on any atom is 0.326 e. The topological polar surface area (TPSA) is 178 Å². The first-order valence-electron chi connectivity index (χ1n) is 14.7. The molecule has 0 aliphatic carbocycles. The van der Waals surface area contributed by atoms with Crippen LogP contribution < -0.4 is 15.9 Å². The van der Waals surface area contributed by atoms with Gasteiger partial charge in [0.2, 0.25) is 7.44 Å². The van der Waals surface area contributed by atoms with E-state index in [9.17, 15) is 14.2 Å². The number of ether oxygens (including phenoxy) is 5. The van der Waals surface area contributed by atoms with Crippen LogP contribution in [0.25, 0.3) is 11.2 Å². The van der Waals surface area contributed by atoms with Crippen LogP contribution in [-0.4, -0.2) is 88.6 Å². The summed E-state index contributed by atoms with van der Waals surface area (Å²) in [6.07, 6.45) is 4.22. The number of hydrogen-bond acceptors (Lipinski definition) is 11. The molecule has 0 spiro atoms. The van der Waals surface area contributed by atoms with Gasteiger partial charge >= 0.3 is 11.9 Å². The molecule has 2 aliphatic rings. The van der Waals surface area contributed by atoms with Gasteiger partial charge in [-0.15, -0.1) is 0 Å². The van der Waals surface area contributed by atoms with Crippen molar-refractivity contribution in [3.8, 4) is 0 Å². The van der Waals surface area contributed by atoms with Crippen LogP contribution in [0.5, 0.6) is 0 Å². The van der Waals surface area contributed by atoms with Crippen molar-refractivity contribution < 1.29 is 37.8 Å². The number of hydrogen-bond donors (Lipinski definition) is 3. The molecule has 14 nitrogen and oxygen atoms in total. The van der Waals surface area contributed by atoms with Gasteiger partial charge in [0.25, 0.3) is 0 Å². The second kappa shape index (κ2) is 14.0. The summed E-state index contributed by atoms with van der Waals surface area (Å²) < 4.78 is 44.6. The summed E-state index contributed by atoms with van der Waals surface area (Å²) in [7, 11) is -3.81. The molecule has 240 valence electrons. The molecule has 0 radical (unpaired) electrons. The van der Waals surface area contributed by atoms with Gasteiger partial charge in [-0.1, -0.05) is 0 Å². The van der Waals surface area contributed by atoms with E-state index < -0.39 is 36.6 Å². The molecule has 2 aromatic rings. The molecule has 0 saturated carbocycles. The zero-order valence-corrected chi connectivity index (χ0v) is 26.6. The average Bonchev–Trinajstić information content (AvgIpc) is 3.36. The maximum atomic E-state index is 14.6. The maximum absolute atomic E-state index is 14.6. The van der Waals surface area contributed by atoms with E-state index in [1.165, 1.54) is 0 Å². The Morgan fingerprint density at radius 3 is 2.02 bits per heavy atom. The summed E-state index contributed by atoms with van der Waals surface area (Å²) in [4.78, 5) is 35.2. The van der Waals surface area contributed by atoms with E-state index in [1.807, 2.05) is 6.92 Å². The van der Waals surface area contributed by atoms with Crippen LogP contribution >= 0.6 is 7.44 Å². The van der Waals surface area contributed by atoms with Crippen molar-refractivity contribution in [1.29, 1.82) is 0 Å². The van der Waals surface area contributed by atoms with Gasteiger partial charge in [-0.05, 0) is 40.7 Å². The van der Waals surface area contributed by atoms with Crippen LogP contribution in [0.4, 0.5) is 5.69 Å². The molecule has 0 aromatic carbocycles. The smallest absolute Gasteiger partial charge is 0.326 e. The molecule has 0 amide bonds. The van der Waals surface area contributed by atoms with E-state index in [0.717, 1.165) is 0 Å². The third-order valence-corrected chi connectivity index (χ3v) is 9.71. The Balaban J connectivity index is 1.47. The lowest BCUT2D eigenvalue weighted by molar-refractivity contribution is -0.159. The van der Waals surface area contributed by atoms with Crippen molar-refractivity contribution in [3.05, 3.63) is 18.6 Å². The Bertz CT molecular complexity index is 1260. The van der Waals surface area contributed by atoms with Crippen LogP contribution in [0, 0.1) is 0 Å². The highest BCUT2D eigenvalue weighted by molar-refractivity contribution is 7.59. The fourth-order valence-corrected chi connectivity index (χ4v) is 7.59. The molecule has 2 fully saturated rings. The number of nitrogens with one attached hydrogen (secondary N) is 2. The van der Waals surface area contributed by atoms with Crippen molar-refractivity contribution in [2.24, 2.45) is 0 Å². The van der Waals surface area contributed by atoms with Gasteiger partial charge in [0.15, 0.2) is 5.65 Å². The van der Waals surface area contributed by atoms with Crippen LogP contribution in [0.15, 0.2) is 18.6 Å². The van der Waals surface area contributed by atoms with E-state index in [0.29, 0.717) is 75.5 Å². The van der Waals surface area contributed by atoms with Gasteiger partial charge in [-0.3, -0.25) is 14.2 Å². The summed E-state index contributed by atoms with van der Waals surface area (Å²) in [5.74, 6) is -1.13. The Hall–Kier alpha value is -2.61. The van der Waals surface area contributed by atoms with E-state index in [4.69, 9.17) is 29.4 Å². The summed E-state index contributed by atoms with van der Waals surface area (Å²) in [6, 6.07) is 1.68. The van der Waals surface area contributed by atoms with Crippen LogP contribution in [0.1, 0.15) is 60.3 Å². The molecule has 1 atom stereocenters. The van der Waals surface area contributed by atoms with Crippen LogP contribution in [-0.2, 0) is 44.4 Å². The fourth-order valence-electron chi connectivity index (χ4n) is 4.95. The minimum atomic E-state index is -3.81. The third kappa shape index (κ3) is 8.96. The molecule has 4 rings (SSSR count). The molecule has 43 heavy (non-hydrogen) atoms. The quantitative estimate of drug-likeness (QED) is 0.219. The molecule has 4 heterocycles. The van der Waals surface area contributed by atoms with Gasteiger partial charge in [-0.2, -0.15) is 0 Å². The zero-order chi connectivity index (χ0) is 31.3. The highest BCUT2D eigenvalue weighted by Gasteiger charge is 2.44. The van der Waals surface area contributed by atoms with E-state index in [1.54, 1.807) is 50.9 Å². The monoisotopic (exact) mass is 624 g/mol. The number of esters is 2. The fraction of sp³-hybridized carbons (Fsp3) is 0.714. The predicted octanol–water partition coefficient (Wildman–Crippen LogP) is 2.75. The molecule has 0 unspecified atom stereocenters. The first-order chi connectivity index (χ1) is 20.3. The minimum Gasteiger partial charge on any atom is -0.461 e. The number of imidazole rings is 1. The lowest BCUT2D eigenvalue weighted by Crippen LogP contribution is -2.55. The second-order valence-corrected chi connectivity index (χ2v) is 14.4. The third-order valence-electron chi connectivity index (χ3n) is 7.35. The number of rotatable bonds is 13. The van der Waals surface area contributed by atoms with Crippen LogP contribution in [0.2, 0.25) is 0 Å². The van der Waals surface area contributed by atoms with E-state index in [-0.39, 0.29) is 18.6 Å². The second-order valence-electron chi connectivity index (χ2n) is 12.2. The molecular weight excluding hydrogens is 579 g/mol. The molecule has 2 aromatic heterocycles. The number of pyridine rings is 1. The Labute approximate surface area is 252 Å². The van der Waals surface area contributed by atoms with Gasteiger partial charge in [0.1, 0.15) is 35.2 Å². The molecule has 2 aliphatic heterocycles. The minimum absolute atomic E-state index is 0.288. The zero-order valence-electron chi connectivity index (χ0n) is 25.7. The number of nitrogens with two attached hydrogens (primary N) is 1. The largest absolute Gasteiger partial charge is 0.461 e. The van der Waals surface area contributed by atoms with Crippen molar-refractivity contribution in [2.45, 2.75) is 96.2 Å². The Morgan fingerprint density at radius 2 is 1.51 bits per heavy atom. The van der Waals surface area contributed by atoms with E-state index in [2.05, 4.69) is 20.1 Å².